The molecule has 0 spiro atoms. The summed E-state index contributed by atoms with van der Waals surface area (Å²) in [5, 5.41) is 10.7. The molecule has 0 saturated heterocycles. The Bertz CT molecular complexity index is 1740. The summed E-state index contributed by atoms with van der Waals surface area (Å²) in [6.07, 6.45) is 3.15. The topological polar surface area (TPSA) is 50.2 Å². The maximum atomic E-state index is 10.0. The molecule has 2 aliphatic heterocycles. The van der Waals surface area contributed by atoms with E-state index in [4.69, 9.17) is 10.1 Å². The number of aromatic nitrogens is 1. The number of nitrogens with zero attached hydrogens (tertiary/aromatic N) is 1. The van der Waals surface area contributed by atoms with E-state index < -0.39 is 0 Å². The van der Waals surface area contributed by atoms with Crippen molar-refractivity contribution in [2.24, 2.45) is 0 Å². The molecule has 0 saturated carbocycles. The third-order valence-electron chi connectivity index (χ3n) is 6.56. The second-order valence-corrected chi connectivity index (χ2v) is 11.4. The molecule has 5 aromatic rings. The van der Waals surface area contributed by atoms with Crippen LogP contribution in [-0.4, -0.2) is 22.6 Å². The SMILES string of the molecule is CC(=O)/C=C(/C)O.[Ir].[c-]1cc2c3c(c1-c1cc4ccccc4cn1)Sc1ccccc1B3c1ccccc1S2. The summed E-state index contributed by atoms with van der Waals surface area (Å²) in [5.41, 5.74) is 6.31. The van der Waals surface area contributed by atoms with Gasteiger partial charge in [-0.15, -0.1) is 46.7 Å². The molecule has 3 nitrogen and oxygen atoms in total. The normalized spacial score (nSPS) is 12.8. The van der Waals surface area contributed by atoms with Gasteiger partial charge in [-0.05, 0) is 52.2 Å². The van der Waals surface area contributed by atoms with E-state index in [-0.39, 0.29) is 38.4 Å². The van der Waals surface area contributed by atoms with Crippen LogP contribution in [0.15, 0.2) is 123 Å². The molecule has 1 aromatic heterocycles. The van der Waals surface area contributed by atoms with Gasteiger partial charge in [0.15, 0.2) is 5.78 Å². The van der Waals surface area contributed by atoms with Gasteiger partial charge in [-0.1, -0.05) is 87.4 Å². The Balaban J connectivity index is 0.000000345. The molecule has 39 heavy (non-hydrogen) atoms. The number of rotatable bonds is 2. The zero-order valence-corrected chi connectivity index (χ0v) is 25.3. The number of allylic oxidation sites excluding steroid dienone is 2. The third-order valence-corrected chi connectivity index (χ3v) is 8.93. The monoisotopic (exact) mass is 721 g/mol. The zero-order chi connectivity index (χ0) is 26.2. The number of fused-ring (bicyclic) bond motifs is 5. The van der Waals surface area contributed by atoms with Crippen molar-refractivity contribution in [2.45, 2.75) is 33.4 Å². The van der Waals surface area contributed by atoms with Crippen molar-refractivity contribution in [3.8, 4) is 11.3 Å². The molecule has 3 heterocycles. The number of carbonyl (C=O) groups excluding carboxylic acids is 1. The van der Waals surface area contributed by atoms with Crippen molar-refractivity contribution in [3.05, 3.63) is 109 Å². The first-order valence-electron chi connectivity index (χ1n) is 12.3. The van der Waals surface area contributed by atoms with Crippen molar-refractivity contribution < 1.29 is 30.0 Å². The van der Waals surface area contributed by atoms with E-state index in [0.29, 0.717) is 0 Å². The molecule has 0 bridgehead atoms. The average molecular weight is 721 g/mol. The van der Waals surface area contributed by atoms with Crippen LogP contribution in [0.5, 0.6) is 0 Å². The summed E-state index contributed by atoms with van der Waals surface area (Å²) in [4.78, 5) is 20.1. The second kappa shape index (κ2) is 11.6. The van der Waals surface area contributed by atoms with Crippen molar-refractivity contribution in [2.75, 3.05) is 0 Å². The maximum Gasteiger partial charge on any atom is 0.227 e. The van der Waals surface area contributed by atoms with Gasteiger partial charge in [0.2, 0.25) is 6.71 Å². The molecule has 0 aliphatic carbocycles. The first-order valence-corrected chi connectivity index (χ1v) is 14.0. The van der Waals surface area contributed by atoms with Crippen LogP contribution in [0.1, 0.15) is 13.8 Å². The fourth-order valence-electron chi connectivity index (χ4n) is 5.03. The summed E-state index contributed by atoms with van der Waals surface area (Å²) in [6, 6.07) is 34.1. The van der Waals surface area contributed by atoms with Gasteiger partial charge < -0.3 is 10.1 Å². The van der Waals surface area contributed by atoms with Gasteiger partial charge in [0.05, 0.1) is 5.76 Å². The van der Waals surface area contributed by atoms with Crippen LogP contribution >= 0.6 is 23.5 Å². The van der Waals surface area contributed by atoms with Gasteiger partial charge >= 0.3 is 0 Å². The molecule has 7 rings (SSSR count). The van der Waals surface area contributed by atoms with E-state index in [1.54, 1.807) is 0 Å². The number of ketones is 1. The minimum Gasteiger partial charge on any atom is -0.512 e. The van der Waals surface area contributed by atoms with E-state index in [0.717, 1.165) is 11.3 Å². The Morgan fingerprint density at radius 1 is 0.872 bits per heavy atom. The largest absolute Gasteiger partial charge is 0.512 e. The quantitative estimate of drug-likeness (QED) is 0.100. The van der Waals surface area contributed by atoms with Gasteiger partial charge in [0.25, 0.3) is 0 Å². The van der Waals surface area contributed by atoms with Crippen LogP contribution in [0.4, 0.5) is 0 Å². The Morgan fingerprint density at radius 3 is 2.13 bits per heavy atom. The Hall–Kier alpha value is -3.09. The van der Waals surface area contributed by atoms with E-state index >= 15 is 0 Å². The Labute approximate surface area is 250 Å². The van der Waals surface area contributed by atoms with Crippen molar-refractivity contribution in [3.63, 3.8) is 0 Å². The number of hydrogen-bond donors (Lipinski definition) is 1. The van der Waals surface area contributed by atoms with Crippen LogP contribution < -0.4 is 16.4 Å². The van der Waals surface area contributed by atoms with Gasteiger partial charge in [0.1, 0.15) is 0 Å². The standard InChI is InChI=1S/C27H15BNS2.C5H8O2.Ir/c1-2-8-18-16-29-22(15-17(18)7-1)19-13-14-25-26-27(19)31-24-12-6-4-10-21(24)28(26)20-9-3-5-11-23(20)30-25;1-4(6)3-5(2)7;/h1-12,14-16H;3,6H,1-2H3;/q-1;;/b;4-3-;. The van der Waals surface area contributed by atoms with Crippen molar-refractivity contribution >= 4 is 63.2 Å². The molecule has 1 radical (unpaired) electrons. The van der Waals surface area contributed by atoms with Crippen molar-refractivity contribution in [1.29, 1.82) is 0 Å². The molecule has 2 aliphatic rings. The zero-order valence-electron chi connectivity index (χ0n) is 21.3. The summed E-state index contributed by atoms with van der Waals surface area (Å²) < 4.78 is 0. The molecular formula is C32H23BIrNO2S2-. The number of hydrogen-bond acceptors (Lipinski definition) is 5. The fourth-order valence-corrected chi connectivity index (χ4v) is 7.50. The minimum atomic E-state index is -0.125. The molecule has 0 unspecified atom stereocenters. The Kier molecular flexibility index (Phi) is 8.15. The summed E-state index contributed by atoms with van der Waals surface area (Å²) in [7, 11) is 0. The van der Waals surface area contributed by atoms with Crippen LogP contribution in [-0.2, 0) is 24.9 Å². The van der Waals surface area contributed by atoms with Gasteiger partial charge in [-0.25, -0.2) is 0 Å². The number of benzene rings is 4. The van der Waals surface area contributed by atoms with Gasteiger partial charge in [-0.2, -0.15) is 0 Å². The summed E-state index contributed by atoms with van der Waals surface area (Å²) >= 11 is 3.73. The smallest absolute Gasteiger partial charge is 0.227 e. The molecule has 193 valence electrons. The Morgan fingerprint density at radius 2 is 1.49 bits per heavy atom. The van der Waals surface area contributed by atoms with Crippen LogP contribution in [0.3, 0.4) is 0 Å². The summed E-state index contributed by atoms with van der Waals surface area (Å²) in [5.74, 6) is -0.0625. The molecule has 0 atom stereocenters. The predicted octanol–water partition coefficient (Wildman–Crippen LogP) is 6.18. The molecule has 7 heteroatoms. The number of aliphatic hydroxyl groups is 1. The number of aliphatic hydroxyl groups excluding tert-OH is 1. The van der Waals surface area contributed by atoms with E-state index in [2.05, 4.69) is 91.0 Å². The van der Waals surface area contributed by atoms with Crippen LogP contribution in [0.2, 0.25) is 0 Å². The second-order valence-electron chi connectivity index (χ2n) is 9.30. The van der Waals surface area contributed by atoms with E-state index in [1.807, 2.05) is 29.7 Å². The minimum absolute atomic E-state index is 0. The van der Waals surface area contributed by atoms with E-state index in [9.17, 15) is 4.79 Å². The molecule has 1 N–H and O–H groups in total. The molecule has 4 aromatic carbocycles. The maximum absolute atomic E-state index is 10.0. The number of carbonyl (C=O) groups is 1. The first-order chi connectivity index (χ1) is 18.5. The first kappa shape index (κ1) is 27.5. The summed E-state index contributed by atoms with van der Waals surface area (Å²) in [6.45, 7) is 3.11. The molecular weight excluding hydrogens is 698 g/mol. The number of pyridine rings is 1. The van der Waals surface area contributed by atoms with Crippen LogP contribution in [0.25, 0.3) is 22.0 Å². The van der Waals surface area contributed by atoms with Gasteiger partial charge in [0, 0.05) is 32.4 Å². The van der Waals surface area contributed by atoms with Gasteiger partial charge in [-0.3, -0.25) is 4.79 Å². The van der Waals surface area contributed by atoms with E-state index in [1.165, 1.54) is 66.7 Å². The fraction of sp³-hybridized carbons (Fsp3) is 0.0625. The molecule has 0 fully saturated rings. The third kappa shape index (κ3) is 5.37. The van der Waals surface area contributed by atoms with Crippen LogP contribution in [0, 0.1) is 6.07 Å². The van der Waals surface area contributed by atoms with Crippen molar-refractivity contribution in [1.82, 2.24) is 4.98 Å². The average Bonchev–Trinajstić information content (AvgIpc) is 2.92. The molecule has 0 amide bonds. The predicted molar refractivity (Wildman–Crippen MR) is 159 cm³/mol.